The van der Waals surface area contributed by atoms with Crippen molar-refractivity contribution in [3.05, 3.63) is 23.8 Å². The van der Waals surface area contributed by atoms with Gasteiger partial charge in [0, 0.05) is 12.2 Å². The number of hydrogen-bond acceptors (Lipinski definition) is 4. The maximum Gasteiger partial charge on any atom is 0.407 e. The molecule has 6 nitrogen and oxygen atoms in total. The first-order valence-electron chi connectivity index (χ1n) is 6.91. The van der Waals surface area contributed by atoms with E-state index in [4.69, 9.17) is 27.4 Å². The Labute approximate surface area is 136 Å². The van der Waals surface area contributed by atoms with Gasteiger partial charge in [0.15, 0.2) is 5.11 Å². The Kier molecular flexibility index (Phi) is 6.42. The number of nitrogens with two attached hydrogens (primary N) is 1. The van der Waals surface area contributed by atoms with Crippen LogP contribution in [0.25, 0.3) is 0 Å². The molecular formula is C15H23N3O3S. The van der Waals surface area contributed by atoms with Gasteiger partial charge in [0.05, 0.1) is 7.11 Å². The van der Waals surface area contributed by atoms with Crippen LogP contribution >= 0.6 is 12.2 Å². The Morgan fingerprint density at radius 2 is 2.05 bits per heavy atom. The highest BCUT2D eigenvalue weighted by atomic mass is 32.1. The Morgan fingerprint density at radius 3 is 2.59 bits per heavy atom. The van der Waals surface area contributed by atoms with Crippen molar-refractivity contribution < 1.29 is 14.3 Å². The molecule has 122 valence electrons. The largest absolute Gasteiger partial charge is 0.497 e. The van der Waals surface area contributed by atoms with Crippen molar-refractivity contribution in [1.29, 1.82) is 0 Å². The summed E-state index contributed by atoms with van der Waals surface area (Å²) in [5, 5.41) is 5.81. The van der Waals surface area contributed by atoms with E-state index < -0.39 is 11.7 Å². The standard InChI is InChI=1S/C15H23N3O3S/c1-15(2,3)21-14(19)17-8-7-10-9-11(20-4)5-6-12(10)18-13(16)22/h5-6,9H,7-8H2,1-4H3,(H,17,19)(H3,16,18,22). The molecule has 0 atom stereocenters. The lowest BCUT2D eigenvalue weighted by atomic mass is 10.1. The van der Waals surface area contributed by atoms with Gasteiger partial charge < -0.3 is 25.8 Å². The predicted octanol–water partition coefficient (Wildman–Crippen LogP) is 2.42. The fraction of sp³-hybridized carbons (Fsp3) is 0.467. The molecule has 0 unspecified atom stereocenters. The summed E-state index contributed by atoms with van der Waals surface area (Å²) in [6, 6.07) is 5.52. The molecule has 0 bridgehead atoms. The lowest BCUT2D eigenvalue weighted by molar-refractivity contribution is 0.0528. The molecule has 0 aliphatic rings. The highest BCUT2D eigenvalue weighted by Crippen LogP contribution is 2.22. The smallest absolute Gasteiger partial charge is 0.407 e. The Hall–Kier alpha value is -2.02. The molecule has 0 saturated heterocycles. The summed E-state index contributed by atoms with van der Waals surface area (Å²) in [5.41, 5.74) is 6.72. The molecule has 0 radical (unpaired) electrons. The molecule has 0 aliphatic carbocycles. The van der Waals surface area contributed by atoms with Crippen LogP contribution in [0.5, 0.6) is 5.75 Å². The van der Waals surface area contributed by atoms with E-state index >= 15 is 0 Å². The molecule has 22 heavy (non-hydrogen) atoms. The van der Waals surface area contributed by atoms with Gasteiger partial charge in [-0.2, -0.15) is 0 Å². The van der Waals surface area contributed by atoms with Gasteiger partial charge in [-0.15, -0.1) is 0 Å². The van der Waals surface area contributed by atoms with Crippen molar-refractivity contribution in [2.75, 3.05) is 19.0 Å². The minimum Gasteiger partial charge on any atom is -0.497 e. The zero-order chi connectivity index (χ0) is 16.8. The van der Waals surface area contributed by atoms with Crippen LogP contribution in [0.1, 0.15) is 26.3 Å². The molecule has 0 aromatic heterocycles. The van der Waals surface area contributed by atoms with Gasteiger partial charge >= 0.3 is 6.09 Å². The Bertz CT molecular complexity index is 541. The second-order valence-electron chi connectivity index (χ2n) is 5.69. The van der Waals surface area contributed by atoms with Crippen LogP contribution in [-0.2, 0) is 11.2 Å². The number of rotatable bonds is 5. The van der Waals surface area contributed by atoms with E-state index in [0.29, 0.717) is 13.0 Å². The summed E-state index contributed by atoms with van der Waals surface area (Å²) >= 11 is 4.86. The van der Waals surface area contributed by atoms with Gasteiger partial charge in [-0.25, -0.2) is 4.79 Å². The van der Waals surface area contributed by atoms with Crippen molar-refractivity contribution in [2.45, 2.75) is 32.8 Å². The second kappa shape index (κ2) is 7.84. The number of hydrogen-bond donors (Lipinski definition) is 3. The summed E-state index contributed by atoms with van der Waals surface area (Å²) in [6.07, 6.45) is 0.140. The third-order valence-corrected chi connectivity index (χ3v) is 2.73. The van der Waals surface area contributed by atoms with Crippen molar-refractivity contribution in [1.82, 2.24) is 5.32 Å². The van der Waals surface area contributed by atoms with Crippen molar-refractivity contribution in [3.63, 3.8) is 0 Å². The monoisotopic (exact) mass is 325 g/mol. The van der Waals surface area contributed by atoms with Crippen LogP contribution in [0.3, 0.4) is 0 Å². The van der Waals surface area contributed by atoms with Gasteiger partial charge in [0.25, 0.3) is 0 Å². The summed E-state index contributed by atoms with van der Waals surface area (Å²) in [6.45, 7) is 5.88. The van der Waals surface area contributed by atoms with Crippen molar-refractivity contribution in [2.24, 2.45) is 5.73 Å². The topological polar surface area (TPSA) is 85.6 Å². The molecule has 4 N–H and O–H groups in total. The van der Waals surface area contributed by atoms with Gasteiger partial charge in [0.1, 0.15) is 11.4 Å². The van der Waals surface area contributed by atoms with E-state index in [2.05, 4.69) is 10.6 Å². The van der Waals surface area contributed by atoms with Crippen LogP contribution in [-0.4, -0.2) is 30.5 Å². The lowest BCUT2D eigenvalue weighted by Gasteiger charge is -2.20. The molecule has 7 heteroatoms. The highest BCUT2D eigenvalue weighted by molar-refractivity contribution is 7.80. The van der Waals surface area contributed by atoms with Crippen LogP contribution < -0.4 is 21.1 Å². The maximum absolute atomic E-state index is 11.6. The van der Waals surface area contributed by atoms with Gasteiger partial charge in [-0.3, -0.25) is 0 Å². The third-order valence-electron chi connectivity index (χ3n) is 2.63. The van der Waals surface area contributed by atoms with Gasteiger partial charge in [0.2, 0.25) is 0 Å². The lowest BCUT2D eigenvalue weighted by Crippen LogP contribution is -2.33. The van der Waals surface area contributed by atoms with E-state index in [9.17, 15) is 4.79 Å². The molecule has 0 saturated carbocycles. The fourth-order valence-electron chi connectivity index (χ4n) is 1.77. The molecule has 0 heterocycles. The molecular weight excluding hydrogens is 302 g/mol. The molecule has 1 aromatic rings. The molecule has 0 fully saturated rings. The average molecular weight is 325 g/mol. The van der Waals surface area contributed by atoms with E-state index in [1.165, 1.54) is 0 Å². The first kappa shape index (κ1) is 18.0. The SMILES string of the molecule is COc1ccc(NC(N)=S)c(CCNC(=O)OC(C)(C)C)c1. The number of anilines is 1. The van der Waals surface area contributed by atoms with Crippen LogP contribution in [0.15, 0.2) is 18.2 Å². The number of ether oxygens (including phenoxy) is 2. The minimum absolute atomic E-state index is 0.187. The number of methoxy groups -OCH3 is 1. The first-order valence-corrected chi connectivity index (χ1v) is 7.32. The quantitative estimate of drug-likeness (QED) is 0.721. The molecule has 0 spiro atoms. The van der Waals surface area contributed by atoms with E-state index in [0.717, 1.165) is 17.0 Å². The van der Waals surface area contributed by atoms with Gasteiger partial charge in [-0.05, 0) is 63.2 Å². The number of nitrogens with one attached hydrogen (secondary N) is 2. The first-order chi connectivity index (χ1) is 10.2. The number of alkyl carbamates (subject to hydrolysis) is 1. The van der Waals surface area contributed by atoms with E-state index in [1.54, 1.807) is 7.11 Å². The zero-order valence-electron chi connectivity index (χ0n) is 13.4. The summed E-state index contributed by atoms with van der Waals surface area (Å²) in [5.74, 6) is 0.723. The number of benzene rings is 1. The average Bonchev–Trinajstić information content (AvgIpc) is 2.37. The third kappa shape index (κ3) is 6.62. The van der Waals surface area contributed by atoms with Gasteiger partial charge in [-0.1, -0.05) is 0 Å². The molecule has 0 aliphatic heterocycles. The summed E-state index contributed by atoms with van der Waals surface area (Å²) < 4.78 is 10.4. The zero-order valence-corrected chi connectivity index (χ0v) is 14.2. The molecule has 1 aromatic carbocycles. The highest BCUT2D eigenvalue weighted by Gasteiger charge is 2.15. The van der Waals surface area contributed by atoms with E-state index in [1.807, 2.05) is 39.0 Å². The Morgan fingerprint density at radius 1 is 1.36 bits per heavy atom. The van der Waals surface area contributed by atoms with E-state index in [-0.39, 0.29) is 5.11 Å². The fourth-order valence-corrected chi connectivity index (χ4v) is 1.88. The number of carbonyl (C=O) groups is 1. The number of thiocarbonyl (C=S) groups is 1. The van der Waals surface area contributed by atoms with Crippen LogP contribution in [0, 0.1) is 0 Å². The number of carbonyl (C=O) groups excluding carboxylic acids is 1. The van der Waals surface area contributed by atoms with Crippen LogP contribution in [0.4, 0.5) is 10.5 Å². The summed E-state index contributed by atoms with van der Waals surface area (Å²) in [7, 11) is 1.60. The maximum atomic E-state index is 11.6. The van der Waals surface area contributed by atoms with Crippen molar-refractivity contribution >= 4 is 29.1 Å². The summed E-state index contributed by atoms with van der Waals surface area (Å²) in [4.78, 5) is 11.6. The minimum atomic E-state index is -0.515. The second-order valence-corrected chi connectivity index (χ2v) is 6.13. The predicted molar refractivity (Wildman–Crippen MR) is 91.3 cm³/mol. The van der Waals surface area contributed by atoms with Crippen molar-refractivity contribution in [3.8, 4) is 5.75 Å². The Balaban J connectivity index is 2.67. The van der Waals surface area contributed by atoms with Crippen LogP contribution in [0.2, 0.25) is 0 Å². The molecule has 1 rings (SSSR count). The molecule has 1 amide bonds. The number of amides is 1. The normalized spacial score (nSPS) is 10.7.